The summed E-state index contributed by atoms with van der Waals surface area (Å²) < 4.78 is 2.03. The molecule has 0 spiro atoms. The molecule has 104 valence electrons. The minimum atomic E-state index is 0.139. The minimum Gasteiger partial charge on any atom is -0.337 e. The van der Waals surface area contributed by atoms with Gasteiger partial charge >= 0.3 is 0 Å². The number of carbonyl (C=O) groups excluding carboxylic acids is 1. The van der Waals surface area contributed by atoms with Crippen molar-refractivity contribution in [2.24, 2.45) is 0 Å². The smallest absolute Gasteiger partial charge is 0.240 e. The van der Waals surface area contributed by atoms with Crippen LogP contribution in [-0.4, -0.2) is 28.5 Å². The van der Waals surface area contributed by atoms with Crippen LogP contribution in [0.25, 0.3) is 0 Å². The molecule has 20 heavy (non-hydrogen) atoms. The van der Waals surface area contributed by atoms with Gasteiger partial charge in [0.05, 0.1) is 12.9 Å². The molecular weight excluding hydrogens is 252 g/mol. The topological polar surface area (TPSA) is 50.2 Å². The number of fused-ring (bicyclic) bond motifs is 1. The maximum atomic E-state index is 12.2. The zero-order chi connectivity index (χ0) is 13.8. The van der Waals surface area contributed by atoms with Crippen LogP contribution in [0.5, 0.6) is 0 Å². The summed E-state index contributed by atoms with van der Waals surface area (Å²) in [5.74, 6) is 0.139. The van der Waals surface area contributed by atoms with Crippen molar-refractivity contribution in [3.05, 3.63) is 48.5 Å². The van der Waals surface area contributed by atoms with Crippen molar-refractivity contribution in [3.63, 3.8) is 0 Å². The molecule has 2 heterocycles. The summed E-state index contributed by atoms with van der Waals surface area (Å²) in [5.41, 5.74) is 2.22. The molecule has 0 atom stereocenters. The number of aromatic nitrogens is 2. The lowest BCUT2D eigenvalue weighted by molar-refractivity contribution is -0.117. The molecule has 0 radical (unpaired) electrons. The van der Waals surface area contributed by atoms with E-state index in [2.05, 4.69) is 16.4 Å². The summed E-state index contributed by atoms with van der Waals surface area (Å²) in [6.45, 7) is 2.76. The molecule has 1 aromatic carbocycles. The quantitative estimate of drug-likeness (QED) is 0.914. The Balaban J connectivity index is 1.71. The van der Waals surface area contributed by atoms with Gasteiger partial charge in [-0.1, -0.05) is 18.2 Å². The third-order valence-corrected chi connectivity index (χ3v) is 3.53. The summed E-state index contributed by atoms with van der Waals surface area (Å²) in [7, 11) is 0. The lowest BCUT2D eigenvalue weighted by Gasteiger charge is -2.22. The van der Waals surface area contributed by atoms with E-state index in [1.165, 1.54) is 5.56 Å². The van der Waals surface area contributed by atoms with Gasteiger partial charge in [-0.05, 0) is 18.1 Å². The number of hydrogen-bond donors (Lipinski definition) is 1. The monoisotopic (exact) mass is 270 g/mol. The second-order valence-electron chi connectivity index (χ2n) is 4.93. The predicted molar refractivity (Wildman–Crippen MR) is 77.3 cm³/mol. The molecule has 3 rings (SSSR count). The van der Waals surface area contributed by atoms with Gasteiger partial charge < -0.3 is 14.8 Å². The van der Waals surface area contributed by atoms with Crippen molar-refractivity contribution in [1.82, 2.24) is 14.9 Å². The molecule has 2 aromatic rings. The zero-order valence-electron chi connectivity index (χ0n) is 11.3. The van der Waals surface area contributed by atoms with Gasteiger partial charge in [0.15, 0.2) is 0 Å². The minimum absolute atomic E-state index is 0.139. The van der Waals surface area contributed by atoms with E-state index in [0.717, 1.165) is 31.7 Å². The van der Waals surface area contributed by atoms with E-state index < -0.39 is 0 Å². The zero-order valence-corrected chi connectivity index (χ0v) is 11.3. The van der Waals surface area contributed by atoms with Gasteiger partial charge in [0.1, 0.15) is 0 Å². The molecule has 1 aromatic heterocycles. The average Bonchev–Trinajstić information content (AvgIpc) is 2.92. The SMILES string of the molecule is O=C1CNCc2ccccc2N1CCCn1ccnc1. The lowest BCUT2D eigenvalue weighted by Crippen LogP contribution is -2.36. The molecule has 0 bridgehead atoms. The fraction of sp³-hybridized carbons (Fsp3) is 0.333. The van der Waals surface area contributed by atoms with E-state index in [1.54, 1.807) is 12.5 Å². The van der Waals surface area contributed by atoms with Gasteiger partial charge in [0, 0.05) is 37.7 Å². The first-order chi connectivity index (χ1) is 9.84. The van der Waals surface area contributed by atoms with Crippen molar-refractivity contribution >= 4 is 11.6 Å². The largest absolute Gasteiger partial charge is 0.337 e. The van der Waals surface area contributed by atoms with Crippen LogP contribution < -0.4 is 10.2 Å². The van der Waals surface area contributed by atoms with Crippen LogP contribution in [0.4, 0.5) is 5.69 Å². The molecule has 5 heteroatoms. The first-order valence-corrected chi connectivity index (χ1v) is 6.89. The van der Waals surface area contributed by atoms with Crippen LogP contribution >= 0.6 is 0 Å². The Bertz CT molecular complexity index is 579. The number of amides is 1. The molecular formula is C15H18N4O. The molecule has 1 aliphatic heterocycles. The van der Waals surface area contributed by atoms with Gasteiger partial charge in [0.25, 0.3) is 0 Å². The Morgan fingerprint density at radius 1 is 1.20 bits per heavy atom. The van der Waals surface area contributed by atoms with E-state index in [0.29, 0.717) is 6.54 Å². The second-order valence-corrected chi connectivity index (χ2v) is 4.93. The highest BCUT2D eigenvalue weighted by Crippen LogP contribution is 2.22. The summed E-state index contributed by atoms with van der Waals surface area (Å²) in [6.07, 6.45) is 6.44. The first kappa shape index (κ1) is 12.9. The van der Waals surface area contributed by atoms with Crippen LogP contribution in [0, 0.1) is 0 Å². The standard InChI is InChI=1S/C15H18N4O/c20-15-11-17-10-13-4-1-2-5-14(13)19(15)8-3-7-18-9-6-16-12-18/h1-2,4-6,9,12,17H,3,7-8,10-11H2. The van der Waals surface area contributed by atoms with E-state index in [-0.39, 0.29) is 5.91 Å². The van der Waals surface area contributed by atoms with Gasteiger partial charge in [-0.15, -0.1) is 0 Å². The van der Waals surface area contributed by atoms with Crippen LogP contribution in [0.1, 0.15) is 12.0 Å². The Morgan fingerprint density at radius 2 is 2.10 bits per heavy atom. The molecule has 0 unspecified atom stereocenters. The number of hydrogen-bond acceptors (Lipinski definition) is 3. The number of nitrogens with one attached hydrogen (secondary N) is 1. The number of carbonyl (C=O) groups is 1. The lowest BCUT2D eigenvalue weighted by atomic mass is 10.1. The number of anilines is 1. The summed E-state index contributed by atoms with van der Waals surface area (Å²) in [5, 5.41) is 3.18. The highest BCUT2D eigenvalue weighted by Gasteiger charge is 2.20. The van der Waals surface area contributed by atoms with E-state index in [9.17, 15) is 4.79 Å². The molecule has 1 aliphatic rings. The molecule has 0 fully saturated rings. The van der Waals surface area contributed by atoms with Crippen molar-refractivity contribution in [3.8, 4) is 0 Å². The van der Waals surface area contributed by atoms with Crippen LogP contribution in [-0.2, 0) is 17.9 Å². The van der Waals surface area contributed by atoms with E-state index in [4.69, 9.17) is 0 Å². The van der Waals surface area contributed by atoms with Crippen molar-refractivity contribution in [2.75, 3.05) is 18.0 Å². The first-order valence-electron chi connectivity index (χ1n) is 6.89. The summed E-state index contributed by atoms with van der Waals surface area (Å²) in [6, 6.07) is 8.10. The maximum Gasteiger partial charge on any atom is 0.240 e. The molecule has 5 nitrogen and oxygen atoms in total. The molecule has 1 amide bonds. The normalized spacial score (nSPS) is 15.0. The van der Waals surface area contributed by atoms with Gasteiger partial charge in [0.2, 0.25) is 5.91 Å². The van der Waals surface area contributed by atoms with Crippen LogP contribution in [0.2, 0.25) is 0 Å². The number of imidazole rings is 1. The Morgan fingerprint density at radius 3 is 2.95 bits per heavy atom. The summed E-state index contributed by atoms with van der Waals surface area (Å²) in [4.78, 5) is 18.1. The van der Waals surface area contributed by atoms with Crippen molar-refractivity contribution in [1.29, 1.82) is 0 Å². The van der Waals surface area contributed by atoms with Gasteiger partial charge in [-0.2, -0.15) is 0 Å². The number of para-hydroxylation sites is 1. The van der Waals surface area contributed by atoms with Gasteiger partial charge in [-0.3, -0.25) is 4.79 Å². The third kappa shape index (κ3) is 2.72. The Labute approximate surface area is 118 Å². The fourth-order valence-corrected chi connectivity index (χ4v) is 2.53. The number of rotatable bonds is 4. The molecule has 1 N–H and O–H groups in total. The number of nitrogens with zero attached hydrogens (tertiary/aromatic N) is 3. The van der Waals surface area contributed by atoms with Crippen LogP contribution in [0.15, 0.2) is 43.0 Å². The number of aryl methyl sites for hydroxylation is 1. The Hall–Kier alpha value is -2.14. The van der Waals surface area contributed by atoms with E-state index >= 15 is 0 Å². The van der Waals surface area contributed by atoms with Gasteiger partial charge in [-0.25, -0.2) is 4.98 Å². The molecule has 0 saturated heterocycles. The second kappa shape index (κ2) is 5.88. The predicted octanol–water partition coefficient (Wildman–Crippen LogP) is 1.41. The molecule has 0 saturated carbocycles. The highest BCUT2D eigenvalue weighted by molar-refractivity contribution is 5.96. The van der Waals surface area contributed by atoms with Crippen LogP contribution in [0.3, 0.4) is 0 Å². The number of benzene rings is 1. The average molecular weight is 270 g/mol. The molecule has 0 aliphatic carbocycles. The fourth-order valence-electron chi connectivity index (χ4n) is 2.53. The van der Waals surface area contributed by atoms with E-state index in [1.807, 2.05) is 33.9 Å². The Kier molecular flexibility index (Phi) is 3.78. The van der Waals surface area contributed by atoms with Crippen molar-refractivity contribution in [2.45, 2.75) is 19.5 Å². The third-order valence-electron chi connectivity index (χ3n) is 3.53. The highest BCUT2D eigenvalue weighted by atomic mass is 16.2. The summed E-state index contributed by atoms with van der Waals surface area (Å²) >= 11 is 0. The maximum absolute atomic E-state index is 12.2. The van der Waals surface area contributed by atoms with Crippen molar-refractivity contribution < 1.29 is 4.79 Å².